The summed E-state index contributed by atoms with van der Waals surface area (Å²) in [7, 11) is 1.36. The molecule has 0 saturated carbocycles. The van der Waals surface area contributed by atoms with Gasteiger partial charge in [0, 0.05) is 26.1 Å². The fourth-order valence-corrected chi connectivity index (χ4v) is 2.67. The van der Waals surface area contributed by atoms with Crippen LogP contribution in [0.3, 0.4) is 0 Å². The van der Waals surface area contributed by atoms with Gasteiger partial charge in [-0.3, -0.25) is 4.79 Å². The van der Waals surface area contributed by atoms with Gasteiger partial charge in [-0.15, -0.1) is 0 Å². The Morgan fingerprint density at radius 3 is 2.61 bits per heavy atom. The summed E-state index contributed by atoms with van der Waals surface area (Å²) in [5.41, 5.74) is -1.47. The number of hydrogen-bond donors (Lipinski definition) is 0. The number of nitrogens with zero attached hydrogens (tertiary/aromatic N) is 3. The second-order valence-corrected chi connectivity index (χ2v) is 6.49. The molecule has 0 fully saturated rings. The normalized spacial score (nSPS) is 11.4. The number of alkyl halides is 3. The van der Waals surface area contributed by atoms with E-state index in [-0.39, 0.29) is 37.0 Å². The Labute approximate surface area is 173 Å². The topological polar surface area (TPSA) is 68.5 Å². The number of hydrogen-bond acceptors (Lipinski definition) is 5. The van der Waals surface area contributed by atoms with Crippen molar-refractivity contribution in [3.63, 3.8) is 0 Å². The minimum atomic E-state index is -4.65. The molecule has 0 N–H and O–H groups in total. The van der Waals surface area contributed by atoms with Crippen molar-refractivity contribution in [3.8, 4) is 5.75 Å². The Morgan fingerprint density at radius 1 is 1.16 bits per heavy atom. The highest BCUT2D eigenvalue weighted by molar-refractivity contribution is 5.95. The summed E-state index contributed by atoms with van der Waals surface area (Å²) >= 11 is 0. The van der Waals surface area contributed by atoms with Gasteiger partial charge in [0.2, 0.25) is 0 Å². The van der Waals surface area contributed by atoms with Crippen LogP contribution >= 0.6 is 0 Å². The van der Waals surface area contributed by atoms with Crippen LogP contribution in [0.2, 0.25) is 0 Å². The van der Waals surface area contributed by atoms with Crippen molar-refractivity contribution in [2.24, 2.45) is 0 Å². The van der Waals surface area contributed by atoms with E-state index < -0.39 is 34.8 Å². The lowest BCUT2D eigenvalue weighted by Gasteiger charge is -2.19. The predicted octanol–water partition coefficient (Wildman–Crippen LogP) is 4.26. The van der Waals surface area contributed by atoms with E-state index in [9.17, 15) is 26.7 Å². The van der Waals surface area contributed by atoms with Crippen molar-refractivity contribution in [2.45, 2.75) is 19.2 Å². The van der Waals surface area contributed by atoms with Crippen molar-refractivity contribution in [3.05, 3.63) is 76.9 Å². The molecule has 0 radical (unpaired) electrons. The minimum Gasteiger partial charge on any atom is -0.481 e. The number of likely N-dealkylation sites (N-methyl/N-ethyl adjacent to an activating group) is 1. The van der Waals surface area contributed by atoms with E-state index in [4.69, 9.17) is 9.26 Å². The van der Waals surface area contributed by atoms with Gasteiger partial charge >= 0.3 is 6.18 Å². The van der Waals surface area contributed by atoms with Crippen LogP contribution in [0, 0.1) is 11.6 Å². The second-order valence-electron chi connectivity index (χ2n) is 6.49. The maximum atomic E-state index is 13.5. The third-order valence-corrected chi connectivity index (χ3v) is 4.24. The largest absolute Gasteiger partial charge is 0.481 e. The van der Waals surface area contributed by atoms with Crippen LogP contribution in [0.25, 0.3) is 0 Å². The Hall–Kier alpha value is -3.50. The SMILES string of the molecule is CN(CCc1noc(COc2ccc(F)cc2F)n1)C(=O)c1ccccc1C(F)(F)F. The molecule has 6 nitrogen and oxygen atoms in total. The highest BCUT2D eigenvalue weighted by atomic mass is 19.4. The maximum Gasteiger partial charge on any atom is 0.417 e. The summed E-state index contributed by atoms with van der Waals surface area (Å²) in [6, 6.07) is 7.32. The average Bonchev–Trinajstić information content (AvgIpc) is 3.18. The van der Waals surface area contributed by atoms with E-state index in [1.54, 1.807) is 0 Å². The third-order valence-electron chi connectivity index (χ3n) is 4.24. The second kappa shape index (κ2) is 9.11. The first-order valence-corrected chi connectivity index (χ1v) is 8.96. The van der Waals surface area contributed by atoms with Crippen LogP contribution in [0.4, 0.5) is 22.0 Å². The van der Waals surface area contributed by atoms with Crippen LogP contribution in [-0.2, 0) is 19.2 Å². The Bertz CT molecular complexity index is 1070. The van der Waals surface area contributed by atoms with Crippen LogP contribution in [-0.4, -0.2) is 34.5 Å². The fraction of sp³-hybridized carbons (Fsp3) is 0.250. The number of carbonyl (C=O) groups excluding carboxylic acids is 1. The van der Waals surface area contributed by atoms with E-state index in [0.29, 0.717) is 6.07 Å². The summed E-state index contributed by atoms with van der Waals surface area (Å²) < 4.78 is 75.9. The number of carbonyl (C=O) groups is 1. The minimum absolute atomic E-state index is 0.00937. The number of benzene rings is 2. The molecule has 3 rings (SSSR count). The summed E-state index contributed by atoms with van der Waals surface area (Å²) in [6.07, 6.45) is -4.55. The van der Waals surface area contributed by atoms with E-state index in [1.807, 2.05) is 0 Å². The lowest BCUT2D eigenvalue weighted by Crippen LogP contribution is -2.30. The monoisotopic (exact) mass is 441 g/mol. The molecule has 2 aromatic carbocycles. The van der Waals surface area contributed by atoms with Crippen LogP contribution in [0.15, 0.2) is 47.0 Å². The molecular weight excluding hydrogens is 425 g/mol. The van der Waals surface area contributed by atoms with Gasteiger partial charge in [0.1, 0.15) is 5.82 Å². The molecule has 0 bridgehead atoms. The van der Waals surface area contributed by atoms with Gasteiger partial charge in [0.15, 0.2) is 24.0 Å². The molecule has 1 amide bonds. The van der Waals surface area contributed by atoms with Gasteiger partial charge < -0.3 is 14.2 Å². The first-order valence-electron chi connectivity index (χ1n) is 8.96. The van der Waals surface area contributed by atoms with Crippen molar-refractivity contribution in [2.75, 3.05) is 13.6 Å². The molecule has 0 aliphatic heterocycles. The molecule has 164 valence electrons. The first kappa shape index (κ1) is 22.2. The van der Waals surface area contributed by atoms with Gasteiger partial charge in [-0.25, -0.2) is 8.78 Å². The molecule has 0 spiro atoms. The Kier molecular flexibility index (Phi) is 6.52. The van der Waals surface area contributed by atoms with Crippen LogP contribution in [0.5, 0.6) is 5.75 Å². The molecule has 1 heterocycles. The zero-order valence-electron chi connectivity index (χ0n) is 16.1. The number of amides is 1. The summed E-state index contributed by atoms with van der Waals surface area (Å²) in [5, 5.41) is 3.69. The lowest BCUT2D eigenvalue weighted by molar-refractivity contribution is -0.138. The van der Waals surface area contributed by atoms with Crippen molar-refractivity contribution < 1.29 is 36.0 Å². The van der Waals surface area contributed by atoms with Gasteiger partial charge in [-0.05, 0) is 24.3 Å². The summed E-state index contributed by atoms with van der Waals surface area (Å²) in [4.78, 5) is 17.6. The molecule has 0 saturated heterocycles. The highest BCUT2D eigenvalue weighted by Crippen LogP contribution is 2.32. The molecule has 0 aliphatic rings. The lowest BCUT2D eigenvalue weighted by atomic mass is 10.1. The van der Waals surface area contributed by atoms with Crippen molar-refractivity contribution in [1.82, 2.24) is 15.0 Å². The third kappa shape index (κ3) is 5.56. The van der Waals surface area contributed by atoms with Gasteiger partial charge in [-0.2, -0.15) is 18.2 Å². The molecule has 0 aliphatic carbocycles. The van der Waals surface area contributed by atoms with E-state index in [2.05, 4.69) is 10.1 Å². The van der Waals surface area contributed by atoms with Crippen LogP contribution in [0.1, 0.15) is 27.6 Å². The maximum absolute atomic E-state index is 13.5. The van der Waals surface area contributed by atoms with E-state index >= 15 is 0 Å². The quantitative estimate of drug-likeness (QED) is 0.513. The fourth-order valence-electron chi connectivity index (χ4n) is 2.67. The van der Waals surface area contributed by atoms with Gasteiger partial charge in [-0.1, -0.05) is 17.3 Å². The molecule has 3 aromatic rings. The van der Waals surface area contributed by atoms with E-state index in [0.717, 1.165) is 29.2 Å². The van der Waals surface area contributed by atoms with Gasteiger partial charge in [0.05, 0.1) is 11.1 Å². The standard InChI is InChI=1S/C20H16F5N3O3/c1-28(19(29)13-4-2-3-5-14(13)20(23,24)25)9-8-17-26-18(31-27-17)11-30-16-7-6-12(21)10-15(16)22/h2-7,10H,8-9,11H2,1H3. The molecule has 11 heteroatoms. The molecule has 31 heavy (non-hydrogen) atoms. The number of aromatic nitrogens is 2. The first-order chi connectivity index (χ1) is 14.6. The summed E-state index contributed by atoms with van der Waals surface area (Å²) in [6.45, 7) is -0.249. The highest BCUT2D eigenvalue weighted by Gasteiger charge is 2.35. The molecular formula is C20H16F5N3O3. The average molecular weight is 441 g/mol. The Morgan fingerprint density at radius 2 is 1.90 bits per heavy atom. The van der Waals surface area contributed by atoms with Crippen molar-refractivity contribution >= 4 is 5.91 Å². The number of rotatable bonds is 7. The molecule has 0 unspecified atom stereocenters. The zero-order valence-corrected chi connectivity index (χ0v) is 16.1. The smallest absolute Gasteiger partial charge is 0.417 e. The summed E-state index contributed by atoms with van der Waals surface area (Å²) in [5.74, 6) is -2.45. The van der Waals surface area contributed by atoms with Gasteiger partial charge in [0.25, 0.3) is 11.8 Å². The van der Waals surface area contributed by atoms with Crippen molar-refractivity contribution in [1.29, 1.82) is 0 Å². The van der Waals surface area contributed by atoms with E-state index in [1.165, 1.54) is 19.2 Å². The Balaban J connectivity index is 1.57. The molecule has 1 aromatic heterocycles. The zero-order chi connectivity index (χ0) is 22.6. The molecule has 0 atom stereocenters. The van der Waals surface area contributed by atoms with Crippen LogP contribution < -0.4 is 4.74 Å². The number of halogens is 5. The number of ether oxygens (including phenoxy) is 1. The predicted molar refractivity (Wildman–Crippen MR) is 97.1 cm³/mol.